The third kappa shape index (κ3) is 4.31. The van der Waals surface area contributed by atoms with Gasteiger partial charge in [-0.2, -0.15) is 0 Å². The van der Waals surface area contributed by atoms with E-state index in [1.54, 1.807) is 17.4 Å². The molecule has 0 unspecified atom stereocenters. The minimum atomic E-state index is 0.0308. The average Bonchev–Trinajstić information content (AvgIpc) is 2.82. The summed E-state index contributed by atoms with van der Waals surface area (Å²) < 4.78 is 6.69. The van der Waals surface area contributed by atoms with Crippen LogP contribution < -0.4 is 4.74 Å². The van der Waals surface area contributed by atoms with E-state index in [4.69, 9.17) is 4.74 Å². The van der Waals surface area contributed by atoms with Crippen molar-refractivity contribution in [3.05, 3.63) is 55.7 Å². The van der Waals surface area contributed by atoms with Gasteiger partial charge in [0.15, 0.2) is 5.78 Å². The van der Waals surface area contributed by atoms with Gasteiger partial charge in [0.2, 0.25) is 0 Å². The molecule has 0 N–H and O–H groups in total. The van der Waals surface area contributed by atoms with Gasteiger partial charge in [0.1, 0.15) is 5.75 Å². The molecule has 2 rings (SSSR count). The minimum Gasteiger partial charge on any atom is -0.493 e. The third-order valence-electron chi connectivity index (χ3n) is 3.15. The Bertz CT molecular complexity index is 701. The van der Waals surface area contributed by atoms with E-state index >= 15 is 0 Å². The monoisotopic (exact) mass is 378 g/mol. The first-order chi connectivity index (χ1) is 10.5. The van der Waals surface area contributed by atoms with E-state index in [-0.39, 0.29) is 5.78 Å². The van der Waals surface area contributed by atoms with E-state index in [9.17, 15) is 4.79 Å². The molecule has 1 heterocycles. The number of benzene rings is 1. The summed E-state index contributed by atoms with van der Waals surface area (Å²) in [4.78, 5) is 14.5. The molecule has 0 saturated carbocycles. The molecule has 0 aliphatic heterocycles. The quantitative estimate of drug-likeness (QED) is 0.468. The Morgan fingerprint density at radius 1 is 1.32 bits per heavy atom. The molecular weight excluding hydrogens is 360 g/mol. The number of ketones is 1. The van der Waals surface area contributed by atoms with Crippen LogP contribution in [-0.4, -0.2) is 12.4 Å². The van der Waals surface area contributed by atoms with Crippen molar-refractivity contribution in [3.8, 4) is 5.75 Å². The molecule has 2 aromatic rings. The van der Waals surface area contributed by atoms with Crippen molar-refractivity contribution in [2.45, 2.75) is 27.2 Å². The zero-order valence-electron chi connectivity index (χ0n) is 13.0. The van der Waals surface area contributed by atoms with Crippen molar-refractivity contribution in [1.82, 2.24) is 0 Å². The summed E-state index contributed by atoms with van der Waals surface area (Å²) in [6, 6.07) is 7.77. The standard InChI is InChI=1S/C18H19BrO2S/c1-4-9-21-18-8-6-15(19)11-14(18)5-7-17(20)16-10-12(2)22-13(16)3/h5-8,10-11H,4,9H2,1-3H3/b7-5+. The predicted molar refractivity (Wildman–Crippen MR) is 97.1 cm³/mol. The van der Waals surface area contributed by atoms with Crippen LogP contribution in [0.25, 0.3) is 6.08 Å². The van der Waals surface area contributed by atoms with Gasteiger partial charge in [-0.05, 0) is 56.7 Å². The van der Waals surface area contributed by atoms with E-state index in [1.165, 1.54) is 0 Å². The van der Waals surface area contributed by atoms with Crippen LogP contribution in [0.2, 0.25) is 0 Å². The maximum absolute atomic E-state index is 12.3. The summed E-state index contributed by atoms with van der Waals surface area (Å²) in [6.45, 7) is 6.73. The largest absolute Gasteiger partial charge is 0.493 e. The molecule has 0 fully saturated rings. The van der Waals surface area contributed by atoms with Crippen molar-refractivity contribution in [2.24, 2.45) is 0 Å². The lowest BCUT2D eigenvalue weighted by molar-refractivity contribution is 0.104. The van der Waals surface area contributed by atoms with Crippen molar-refractivity contribution in [1.29, 1.82) is 0 Å². The predicted octanol–water partition coefficient (Wildman–Crippen LogP) is 5.81. The summed E-state index contributed by atoms with van der Waals surface area (Å²) in [7, 11) is 0. The van der Waals surface area contributed by atoms with Gasteiger partial charge in [-0.15, -0.1) is 11.3 Å². The van der Waals surface area contributed by atoms with Gasteiger partial charge in [-0.1, -0.05) is 22.9 Å². The van der Waals surface area contributed by atoms with E-state index in [0.717, 1.165) is 37.5 Å². The Labute approximate surface area is 144 Å². The highest BCUT2D eigenvalue weighted by Gasteiger charge is 2.09. The summed E-state index contributed by atoms with van der Waals surface area (Å²) in [5, 5.41) is 0. The van der Waals surface area contributed by atoms with Crippen LogP contribution in [0.4, 0.5) is 0 Å². The van der Waals surface area contributed by atoms with Gasteiger partial charge < -0.3 is 4.74 Å². The van der Waals surface area contributed by atoms with Gasteiger partial charge in [0, 0.05) is 25.4 Å². The van der Waals surface area contributed by atoms with Gasteiger partial charge in [-0.3, -0.25) is 4.79 Å². The van der Waals surface area contributed by atoms with Crippen molar-refractivity contribution >= 4 is 39.1 Å². The molecule has 4 heteroatoms. The number of halogens is 1. The Morgan fingerprint density at radius 3 is 2.73 bits per heavy atom. The fourth-order valence-electron chi connectivity index (χ4n) is 2.12. The Kier molecular flexibility index (Phi) is 5.98. The van der Waals surface area contributed by atoms with E-state index < -0.39 is 0 Å². The lowest BCUT2D eigenvalue weighted by Crippen LogP contribution is -1.97. The first-order valence-electron chi connectivity index (χ1n) is 7.23. The van der Waals surface area contributed by atoms with Gasteiger partial charge in [0.05, 0.1) is 6.61 Å². The van der Waals surface area contributed by atoms with Gasteiger partial charge in [-0.25, -0.2) is 0 Å². The van der Waals surface area contributed by atoms with E-state index in [2.05, 4.69) is 22.9 Å². The molecule has 1 aromatic heterocycles. The first-order valence-corrected chi connectivity index (χ1v) is 8.84. The number of ether oxygens (including phenoxy) is 1. The topological polar surface area (TPSA) is 26.3 Å². The fraction of sp³-hybridized carbons (Fsp3) is 0.278. The molecule has 0 saturated heterocycles. The summed E-state index contributed by atoms with van der Waals surface area (Å²) in [5.41, 5.74) is 1.69. The molecule has 116 valence electrons. The Morgan fingerprint density at radius 2 is 2.09 bits per heavy atom. The minimum absolute atomic E-state index is 0.0308. The van der Waals surface area contributed by atoms with Crippen LogP contribution in [0.15, 0.2) is 34.8 Å². The molecule has 0 aliphatic rings. The van der Waals surface area contributed by atoms with Crippen molar-refractivity contribution in [3.63, 3.8) is 0 Å². The molecular formula is C18H19BrO2S. The maximum Gasteiger partial charge on any atom is 0.186 e. The Hall–Kier alpha value is -1.39. The molecule has 0 radical (unpaired) electrons. The zero-order valence-corrected chi connectivity index (χ0v) is 15.4. The van der Waals surface area contributed by atoms with Crippen LogP contribution in [0.5, 0.6) is 5.75 Å². The molecule has 0 spiro atoms. The highest BCUT2D eigenvalue weighted by molar-refractivity contribution is 9.10. The second-order valence-electron chi connectivity index (χ2n) is 5.06. The SMILES string of the molecule is CCCOc1ccc(Br)cc1/C=C/C(=O)c1cc(C)sc1C. The highest BCUT2D eigenvalue weighted by Crippen LogP contribution is 2.26. The number of carbonyl (C=O) groups excluding carboxylic acids is 1. The number of carbonyl (C=O) groups is 1. The van der Waals surface area contributed by atoms with Crippen LogP contribution in [0, 0.1) is 13.8 Å². The first kappa shape index (κ1) is 17.0. The number of allylic oxidation sites excluding steroid dienone is 1. The van der Waals surface area contributed by atoms with E-state index in [1.807, 2.05) is 44.2 Å². The second kappa shape index (κ2) is 7.75. The molecule has 0 bridgehead atoms. The molecule has 0 atom stereocenters. The van der Waals surface area contributed by atoms with Crippen molar-refractivity contribution < 1.29 is 9.53 Å². The van der Waals surface area contributed by atoms with Crippen molar-refractivity contribution in [2.75, 3.05) is 6.61 Å². The lowest BCUT2D eigenvalue weighted by atomic mass is 10.1. The number of hydrogen-bond donors (Lipinski definition) is 0. The van der Waals surface area contributed by atoms with Crippen LogP contribution in [0.1, 0.15) is 39.0 Å². The molecule has 0 aliphatic carbocycles. The van der Waals surface area contributed by atoms with Crippen LogP contribution >= 0.6 is 27.3 Å². The highest BCUT2D eigenvalue weighted by atomic mass is 79.9. The summed E-state index contributed by atoms with van der Waals surface area (Å²) in [5.74, 6) is 0.829. The smallest absolute Gasteiger partial charge is 0.186 e. The maximum atomic E-state index is 12.3. The number of hydrogen-bond acceptors (Lipinski definition) is 3. The van der Waals surface area contributed by atoms with E-state index in [0.29, 0.717) is 6.61 Å². The summed E-state index contributed by atoms with van der Waals surface area (Å²) in [6.07, 6.45) is 4.39. The fourth-order valence-corrected chi connectivity index (χ4v) is 3.43. The van der Waals surface area contributed by atoms with Gasteiger partial charge in [0.25, 0.3) is 0 Å². The molecule has 2 nitrogen and oxygen atoms in total. The number of aryl methyl sites for hydroxylation is 2. The van der Waals surface area contributed by atoms with Crippen LogP contribution in [0.3, 0.4) is 0 Å². The normalized spacial score (nSPS) is 11.1. The van der Waals surface area contributed by atoms with Crippen LogP contribution in [-0.2, 0) is 0 Å². The average molecular weight is 379 g/mol. The summed E-state index contributed by atoms with van der Waals surface area (Å²) >= 11 is 5.11. The number of rotatable bonds is 6. The molecule has 0 amide bonds. The third-order valence-corrected chi connectivity index (χ3v) is 4.61. The Balaban J connectivity index is 2.23. The number of thiophene rings is 1. The van der Waals surface area contributed by atoms with Gasteiger partial charge >= 0.3 is 0 Å². The molecule has 1 aromatic carbocycles. The second-order valence-corrected chi connectivity index (χ2v) is 7.43. The lowest BCUT2D eigenvalue weighted by Gasteiger charge is -2.08. The zero-order chi connectivity index (χ0) is 16.1. The molecule has 22 heavy (non-hydrogen) atoms.